The van der Waals surface area contributed by atoms with E-state index in [1.54, 1.807) is 11.3 Å². The fraction of sp³-hybridized carbons (Fsp3) is 0.348. The number of hydrogen-bond donors (Lipinski definition) is 1. The predicted molar refractivity (Wildman–Crippen MR) is 110 cm³/mol. The summed E-state index contributed by atoms with van der Waals surface area (Å²) < 4.78 is 1.33. The zero-order valence-electron chi connectivity index (χ0n) is 15.2. The van der Waals surface area contributed by atoms with Crippen LogP contribution in [-0.2, 0) is 0 Å². The molecule has 0 aliphatic heterocycles. The van der Waals surface area contributed by atoms with E-state index in [1.807, 2.05) is 12.1 Å². The van der Waals surface area contributed by atoms with Crippen molar-refractivity contribution in [2.24, 2.45) is 0 Å². The fourth-order valence-electron chi connectivity index (χ4n) is 3.95. The van der Waals surface area contributed by atoms with Gasteiger partial charge < -0.3 is 5.32 Å². The van der Waals surface area contributed by atoms with Crippen LogP contribution >= 0.6 is 11.3 Å². The van der Waals surface area contributed by atoms with Crippen LogP contribution in [0.3, 0.4) is 0 Å². The van der Waals surface area contributed by atoms with Crippen molar-refractivity contribution in [2.45, 2.75) is 51.0 Å². The molecule has 0 saturated heterocycles. The van der Waals surface area contributed by atoms with Gasteiger partial charge in [0.2, 0.25) is 0 Å². The average Bonchev–Trinajstić information content (AvgIpc) is 3.12. The van der Waals surface area contributed by atoms with E-state index < -0.39 is 0 Å². The molecular formula is C23H25NOS. The number of carbonyl (C=O) groups excluding carboxylic acids is 1. The van der Waals surface area contributed by atoms with Crippen molar-refractivity contribution in [1.29, 1.82) is 0 Å². The van der Waals surface area contributed by atoms with E-state index in [2.05, 4.69) is 54.0 Å². The number of fused-ring (bicyclic) bond motifs is 1. The lowest BCUT2D eigenvalue weighted by Gasteiger charge is -2.22. The van der Waals surface area contributed by atoms with Gasteiger partial charge in [-0.05, 0) is 52.9 Å². The van der Waals surface area contributed by atoms with Gasteiger partial charge in [0.05, 0.1) is 0 Å². The smallest absolute Gasteiger partial charge is 0.251 e. The normalized spacial score (nSPS) is 16.5. The van der Waals surface area contributed by atoms with Crippen molar-refractivity contribution in [1.82, 2.24) is 5.32 Å². The Balaban J connectivity index is 1.49. The molecule has 0 radical (unpaired) electrons. The first-order valence-electron chi connectivity index (χ1n) is 9.59. The van der Waals surface area contributed by atoms with Crippen molar-refractivity contribution >= 4 is 27.3 Å². The molecule has 0 bridgehead atoms. The Morgan fingerprint density at radius 2 is 1.77 bits per heavy atom. The molecule has 3 aromatic rings. The highest BCUT2D eigenvalue weighted by molar-refractivity contribution is 7.17. The van der Waals surface area contributed by atoms with Gasteiger partial charge >= 0.3 is 0 Å². The number of amides is 1. The van der Waals surface area contributed by atoms with Crippen LogP contribution in [0, 0.1) is 0 Å². The Morgan fingerprint density at radius 3 is 2.54 bits per heavy atom. The molecule has 0 unspecified atom stereocenters. The second-order valence-electron chi connectivity index (χ2n) is 7.34. The lowest BCUT2D eigenvalue weighted by atomic mass is 9.92. The number of benzene rings is 2. The second-order valence-corrected chi connectivity index (χ2v) is 8.25. The maximum Gasteiger partial charge on any atom is 0.251 e. The summed E-state index contributed by atoms with van der Waals surface area (Å²) in [6.07, 6.45) is 6.00. The van der Waals surface area contributed by atoms with E-state index in [0.717, 1.165) is 18.4 Å². The van der Waals surface area contributed by atoms with Gasteiger partial charge in [-0.15, -0.1) is 11.3 Å². The largest absolute Gasteiger partial charge is 0.349 e. The third-order valence-electron chi connectivity index (χ3n) is 5.59. The minimum atomic E-state index is 0.0667. The van der Waals surface area contributed by atoms with Crippen LogP contribution in [0.1, 0.15) is 66.4 Å². The molecule has 4 rings (SSSR count). The highest BCUT2D eigenvalue weighted by atomic mass is 32.1. The van der Waals surface area contributed by atoms with Crippen LogP contribution in [0.25, 0.3) is 10.1 Å². The van der Waals surface area contributed by atoms with Gasteiger partial charge in [0, 0.05) is 22.2 Å². The molecule has 0 spiro atoms. The van der Waals surface area contributed by atoms with E-state index in [4.69, 9.17) is 0 Å². The first-order valence-corrected chi connectivity index (χ1v) is 10.5. The Kier molecular flexibility index (Phi) is 5.07. The zero-order chi connectivity index (χ0) is 17.9. The summed E-state index contributed by atoms with van der Waals surface area (Å²) in [4.78, 5) is 12.5. The summed E-state index contributed by atoms with van der Waals surface area (Å²) in [5, 5.41) is 6.80. The molecule has 1 fully saturated rings. The highest BCUT2D eigenvalue weighted by Crippen LogP contribution is 2.34. The molecule has 2 aromatic carbocycles. The van der Waals surface area contributed by atoms with Gasteiger partial charge in [-0.3, -0.25) is 4.79 Å². The number of hydrogen-bond acceptors (Lipinski definition) is 2. The minimum absolute atomic E-state index is 0.0667. The van der Waals surface area contributed by atoms with Crippen molar-refractivity contribution in [3.63, 3.8) is 0 Å². The van der Waals surface area contributed by atoms with E-state index in [-0.39, 0.29) is 5.91 Å². The van der Waals surface area contributed by atoms with Crippen LogP contribution < -0.4 is 5.32 Å². The van der Waals surface area contributed by atoms with Gasteiger partial charge in [-0.1, -0.05) is 56.5 Å². The maximum atomic E-state index is 12.5. The van der Waals surface area contributed by atoms with Gasteiger partial charge in [0.25, 0.3) is 5.91 Å². The Labute approximate surface area is 159 Å². The lowest BCUT2D eigenvalue weighted by molar-refractivity contribution is 0.0927. The zero-order valence-corrected chi connectivity index (χ0v) is 16.0. The van der Waals surface area contributed by atoms with Gasteiger partial charge in [-0.25, -0.2) is 0 Å². The van der Waals surface area contributed by atoms with Gasteiger partial charge in [-0.2, -0.15) is 0 Å². The Hall–Kier alpha value is -2.13. The van der Waals surface area contributed by atoms with Gasteiger partial charge in [0.1, 0.15) is 0 Å². The molecule has 1 heterocycles. The molecule has 1 aliphatic rings. The molecule has 1 atom stereocenters. The van der Waals surface area contributed by atoms with Gasteiger partial charge in [0.15, 0.2) is 0 Å². The summed E-state index contributed by atoms with van der Waals surface area (Å²) in [5.41, 5.74) is 3.38. The molecule has 26 heavy (non-hydrogen) atoms. The monoisotopic (exact) mass is 363 g/mol. The fourth-order valence-corrected chi connectivity index (χ4v) is 5.01. The topological polar surface area (TPSA) is 29.1 Å². The summed E-state index contributed by atoms with van der Waals surface area (Å²) >= 11 is 1.80. The van der Waals surface area contributed by atoms with Crippen molar-refractivity contribution in [2.75, 3.05) is 0 Å². The number of nitrogens with one attached hydrogen (secondary N) is 1. The minimum Gasteiger partial charge on any atom is -0.349 e. The predicted octanol–water partition coefficient (Wildman–Crippen LogP) is 6.12. The van der Waals surface area contributed by atoms with E-state index >= 15 is 0 Å². The van der Waals surface area contributed by atoms with Crippen molar-refractivity contribution in [3.05, 3.63) is 70.6 Å². The third-order valence-corrected chi connectivity index (χ3v) is 6.57. The SMILES string of the molecule is C[C@H](c1ccc(C(=O)NC2CCCCC2)cc1)c1csc2ccccc12. The first-order chi connectivity index (χ1) is 12.7. The molecule has 1 saturated carbocycles. The van der Waals surface area contributed by atoms with Crippen molar-refractivity contribution in [3.8, 4) is 0 Å². The number of carbonyl (C=O) groups is 1. The van der Waals surface area contributed by atoms with Crippen LogP contribution in [0.5, 0.6) is 0 Å². The average molecular weight is 364 g/mol. The molecule has 1 aliphatic carbocycles. The Morgan fingerprint density at radius 1 is 1.04 bits per heavy atom. The number of thiophene rings is 1. The van der Waals surface area contributed by atoms with Crippen LogP contribution in [0.15, 0.2) is 53.9 Å². The molecule has 134 valence electrons. The van der Waals surface area contributed by atoms with Crippen LogP contribution in [0.2, 0.25) is 0 Å². The maximum absolute atomic E-state index is 12.5. The lowest BCUT2D eigenvalue weighted by Crippen LogP contribution is -2.36. The first kappa shape index (κ1) is 17.3. The van der Waals surface area contributed by atoms with Crippen LogP contribution in [-0.4, -0.2) is 11.9 Å². The molecule has 1 N–H and O–H groups in total. The van der Waals surface area contributed by atoms with Crippen LogP contribution in [0.4, 0.5) is 0 Å². The molecular weight excluding hydrogens is 338 g/mol. The highest BCUT2D eigenvalue weighted by Gasteiger charge is 2.17. The third kappa shape index (κ3) is 3.54. The second kappa shape index (κ2) is 7.63. The van der Waals surface area contributed by atoms with E-state index in [9.17, 15) is 4.79 Å². The molecule has 3 heteroatoms. The summed E-state index contributed by atoms with van der Waals surface area (Å²) in [6.45, 7) is 2.24. The molecule has 2 nitrogen and oxygen atoms in total. The number of rotatable bonds is 4. The standard InChI is InChI=1S/C23H25NOS/c1-16(21-15-26-22-10-6-5-9-20(21)22)17-11-13-18(14-12-17)23(25)24-19-7-3-2-4-8-19/h5-6,9-16,19H,2-4,7-8H2,1H3,(H,24,25)/t16-/m1/s1. The summed E-state index contributed by atoms with van der Waals surface area (Å²) in [5.74, 6) is 0.388. The molecule has 1 aromatic heterocycles. The van der Waals surface area contributed by atoms with E-state index in [1.165, 1.54) is 40.5 Å². The molecule has 1 amide bonds. The Bertz CT molecular complexity index is 890. The van der Waals surface area contributed by atoms with Crippen molar-refractivity contribution < 1.29 is 4.79 Å². The quantitative estimate of drug-likeness (QED) is 0.595. The van der Waals surface area contributed by atoms with E-state index in [0.29, 0.717) is 12.0 Å². The summed E-state index contributed by atoms with van der Waals surface area (Å²) in [7, 11) is 0. The summed E-state index contributed by atoms with van der Waals surface area (Å²) in [6, 6.07) is 17.1.